The van der Waals surface area contributed by atoms with Gasteiger partial charge in [-0.3, -0.25) is 0 Å². The predicted molar refractivity (Wildman–Crippen MR) is 70.1 cm³/mol. The van der Waals surface area contributed by atoms with Crippen LogP contribution in [0.4, 0.5) is 0 Å². The second kappa shape index (κ2) is 9.38. The zero-order valence-corrected chi connectivity index (χ0v) is 12.2. The molecule has 5 heteroatoms. The molecular weight excluding hydrogens is 236 g/mol. The lowest BCUT2D eigenvalue weighted by molar-refractivity contribution is -0.137. The monoisotopic (exact) mass is 260 g/mol. The molecule has 0 aliphatic heterocycles. The van der Waals surface area contributed by atoms with Gasteiger partial charge in [-0.15, -0.1) is 0 Å². The standard InChI is InChI=1S/C12H24O4Si/c1-5-12(13)15-10-8-9-11-16-17(6-2,7-3)14-4/h5H,1,6-11H2,2-4H3. The van der Waals surface area contributed by atoms with Crippen molar-refractivity contribution in [1.29, 1.82) is 0 Å². The zero-order chi connectivity index (χ0) is 13.1. The number of hydrogen-bond acceptors (Lipinski definition) is 4. The Balaban J connectivity index is 3.62. The molecule has 0 saturated heterocycles. The molecule has 0 aliphatic rings. The third-order valence-corrected chi connectivity index (χ3v) is 6.39. The summed E-state index contributed by atoms with van der Waals surface area (Å²) in [4.78, 5) is 10.8. The Labute approximate surface area is 105 Å². The molecule has 17 heavy (non-hydrogen) atoms. The van der Waals surface area contributed by atoms with E-state index in [1.54, 1.807) is 7.11 Å². The largest absolute Gasteiger partial charge is 0.463 e. The van der Waals surface area contributed by atoms with Gasteiger partial charge < -0.3 is 13.6 Å². The molecule has 0 rings (SSSR count). The maximum Gasteiger partial charge on any atom is 0.337 e. The average molecular weight is 260 g/mol. The number of ether oxygens (including phenoxy) is 1. The van der Waals surface area contributed by atoms with Crippen molar-refractivity contribution in [2.24, 2.45) is 0 Å². The van der Waals surface area contributed by atoms with Crippen molar-refractivity contribution < 1.29 is 18.4 Å². The molecule has 0 N–H and O–H groups in total. The second-order valence-electron chi connectivity index (χ2n) is 3.75. The molecule has 0 saturated carbocycles. The Kier molecular flexibility index (Phi) is 9.02. The van der Waals surface area contributed by atoms with E-state index in [-0.39, 0.29) is 5.97 Å². The van der Waals surface area contributed by atoms with Gasteiger partial charge in [0, 0.05) is 19.8 Å². The summed E-state index contributed by atoms with van der Waals surface area (Å²) in [5.74, 6) is -0.367. The highest BCUT2D eigenvalue weighted by atomic mass is 28.4. The Morgan fingerprint density at radius 2 is 1.82 bits per heavy atom. The van der Waals surface area contributed by atoms with Gasteiger partial charge in [-0.2, -0.15) is 0 Å². The van der Waals surface area contributed by atoms with Crippen LogP contribution in [0.2, 0.25) is 12.1 Å². The van der Waals surface area contributed by atoms with Gasteiger partial charge >= 0.3 is 14.5 Å². The van der Waals surface area contributed by atoms with Gasteiger partial charge in [-0.1, -0.05) is 20.4 Å². The van der Waals surface area contributed by atoms with E-state index in [1.807, 2.05) is 0 Å². The van der Waals surface area contributed by atoms with Crippen LogP contribution >= 0.6 is 0 Å². The number of carbonyl (C=O) groups is 1. The molecule has 0 radical (unpaired) electrons. The minimum absolute atomic E-state index is 0.367. The Bertz CT molecular complexity index is 218. The maximum absolute atomic E-state index is 10.8. The highest BCUT2D eigenvalue weighted by Gasteiger charge is 2.31. The van der Waals surface area contributed by atoms with Crippen LogP contribution in [-0.2, 0) is 18.4 Å². The van der Waals surface area contributed by atoms with Crippen molar-refractivity contribution in [3.63, 3.8) is 0 Å². The summed E-state index contributed by atoms with van der Waals surface area (Å²) in [5, 5.41) is 0. The van der Waals surface area contributed by atoms with Gasteiger partial charge in [0.1, 0.15) is 0 Å². The number of hydrogen-bond donors (Lipinski definition) is 0. The smallest absolute Gasteiger partial charge is 0.337 e. The third kappa shape index (κ3) is 6.60. The third-order valence-electron chi connectivity index (χ3n) is 2.76. The SMILES string of the molecule is C=CC(=O)OCCCCO[Si](CC)(CC)OC. The van der Waals surface area contributed by atoms with Gasteiger partial charge in [0.05, 0.1) is 6.61 Å². The molecule has 0 heterocycles. The topological polar surface area (TPSA) is 44.8 Å². The molecule has 0 atom stereocenters. The van der Waals surface area contributed by atoms with E-state index in [0.717, 1.165) is 24.9 Å². The molecule has 0 aromatic carbocycles. The summed E-state index contributed by atoms with van der Waals surface area (Å²) in [6, 6.07) is 1.93. The average Bonchev–Trinajstić information content (AvgIpc) is 2.38. The van der Waals surface area contributed by atoms with Crippen LogP contribution in [0.3, 0.4) is 0 Å². The van der Waals surface area contributed by atoms with Gasteiger partial charge in [0.25, 0.3) is 0 Å². The number of rotatable bonds is 10. The lowest BCUT2D eigenvalue weighted by Gasteiger charge is -2.26. The fraction of sp³-hybridized carbons (Fsp3) is 0.750. The van der Waals surface area contributed by atoms with E-state index in [4.69, 9.17) is 13.6 Å². The quantitative estimate of drug-likeness (QED) is 0.262. The van der Waals surface area contributed by atoms with Crippen LogP contribution in [0, 0.1) is 0 Å². The molecule has 0 aromatic heterocycles. The fourth-order valence-corrected chi connectivity index (χ4v) is 3.62. The number of carbonyl (C=O) groups excluding carboxylic acids is 1. The minimum Gasteiger partial charge on any atom is -0.463 e. The first-order valence-electron chi connectivity index (χ1n) is 6.12. The summed E-state index contributed by atoms with van der Waals surface area (Å²) >= 11 is 0. The van der Waals surface area contributed by atoms with Gasteiger partial charge in [0.15, 0.2) is 0 Å². The second-order valence-corrected chi connectivity index (χ2v) is 7.68. The van der Waals surface area contributed by atoms with Gasteiger partial charge in [-0.25, -0.2) is 4.79 Å². The Morgan fingerprint density at radius 1 is 1.24 bits per heavy atom. The van der Waals surface area contributed by atoms with Gasteiger partial charge in [-0.05, 0) is 24.9 Å². The number of unbranched alkanes of at least 4 members (excludes halogenated alkanes) is 1. The Hall–Kier alpha value is -0.653. The first kappa shape index (κ1) is 16.3. The minimum atomic E-state index is -1.93. The van der Waals surface area contributed by atoms with Crippen molar-refractivity contribution >= 4 is 14.5 Å². The molecule has 0 fully saturated rings. The predicted octanol–water partition coefficient (Wildman–Crippen LogP) is 2.64. The normalized spacial score (nSPS) is 11.2. The molecule has 0 bridgehead atoms. The molecule has 0 aliphatic carbocycles. The van der Waals surface area contributed by atoms with E-state index in [0.29, 0.717) is 13.2 Å². The van der Waals surface area contributed by atoms with Crippen molar-refractivity contribution in [3.8, 4) is 0 Å². The summed E-state index contributed by atoms with van der Waals surface area (Å²) in [7, 11) is -0.203. The first-order valence-corrected chi connectivity index (χ1v) is 8.35. The molecule has 0 unspecified atom stereocenters. The maximum atomic E-state index is 10.8. The molecule has 100 valence electrons. The molecule has 0 aromatic rings. The van der Waals surface area contributed by atoms with Crippen molar-refractivity contribution in [2.75, 3.05) is 20.3 Å². The van der Waals surface area contributed by atoms with Crippen molar-refractivity contribution in [2.45, 2.75) is 38.8 Å². The van der Waals surface area contributed by atoms with Crippen LogP contribution < -0.4 is 0 Å². The molecule has 4 nitrogen and oxygen atoms in total. The van der Waals surface area contributed by atoms with E-state index in [9.17, 15) is 4.79 Å². The number of esters is 1. The van der Waals surface area contributed by atoms with Crippen LogP contribution in [0.5, 0.6) is 0 Å². The lowest BCUT2D eigenvalue weighted by atomic mass is 10.3. The summed E-state index contributed by atoms with van der Waals surface area (Å²) in [5.41, 5.74) is 0. The lowest BCUT2D eigenvalue weighted by Crippen LogP contribution is -2.39. The summed E-state index contributed by atoms with van der Waals surface area (Å²) in [6.45, 7) is 8.63. The highest BCUT2D eigenvalue weighted by molar-refractivity contribution is 6.67. The van der Waals surface area contributed by atoms with Crippen LogP contribution in [0.25, 0.3) is 0 Å². The van der Waals surface area contributed by atoms with Crippen molar-refractivity contribution in [3.05, 3.63) is 12.7 Å². The Morgan fingerprint density at radius 3 is 2.29 bits per heavy atom. The van der Waals surface area contributed by atoms with Crippen molar-refractivity contribution in [1.82, 2.24) is 0 Å². The molecule has 0 spiro atoms. The van der Waals surface area contributed by atoms with E-state index in [2.05, 4.69) is 20.4 Å². The zero-order valence-electron chi connectivity index (χ0n) is 11.2. The highest BCUT2D eigenvalue weighted by Crippen LogP contribution is 2.17. The first-order chi connectivity index (χ1) is 8.14. The van der Waals surface area contributed by atoms with Gasteiger partial charge in [0.2, 0.25) is 0 Å². The summed E-state index contributed by atoms with van der Waals surface area (Å²) in [6.07, 6.45) is 2.86. The van der Waals surface area contributed by atoms with Crippen LogP contribution in [0.15, 0.2) is 12.7 Å². The molecular formula is C12H24O4Si. The summed E-state index contributed by atoms with van der Waals surface area (Å²) < 4.78 is 16.3. The van der Waals surface area contributed by atoms with Crippen LogP contribution in [0.1, 0.15) is 26.7 Å². The molecule has 0 amide bonds. The van der Waals surface area contributed by atoms with E-state index >= 15 is 0 Å². The van der Waals surface area contributed by atoms with Crippen LogP contribution in [-0.4, -0.2) is 34.9 Å². The fourth-order valence-electron chi connectivity index (χ4n) is 1.50. The van der Waals surface area contributed by atoms with E-state index in [1.165, 1.54) is 6.08 Å². The van der Waals surface area contributed by atoms with E-state index < -0.39 is 8.56 Å².